The topological polar surface area (TPSA) is 83.9 Å². The number of hydrogen-bond acceptors (Lipinski definition) is 6. The van der Waals surface area contributed by atoms with Gasteiger partial charge in [0, 0.05) is 39.3 Å². The predicted octanol–water partition coefficient (Wildman–Crippen LogP) is 11.0. The number of Topliss-reactive ketones (excluding diaryl/α,β-unsaturated/α-hetero) is 2. The summed E-state index contributed by atoms with van der Waals surface area (Å²) in [6.07, 6.45) is 7.29. The summed E-state index contributed by atoms with van der Waals surface area (Å²) in [7, 11) is 1.58. The summed E-state index contributed by atoms with van der Waals surface area (Å²) < 4.78 is 5.73. The summed E-state index contributed by atoms with van der Waals surface area (Å²) >= 11 is 1.47. The smallest absolute Gasteiger partial charge is 0.335 e. The van der Waals surface area contributed by atoms with E-state index in [1.807, 2.05) is 18.2 Å². The van der Waals surface area contributed by atoms with Crippen molar-refractivity contribution in [3.63, 3.8) is 0 Å². The molecule has 0 radical (unpaired) electrons. The molecule has 1 aliphatic heterocycles. The number of carbonyl (C=O) groups excluding carboxylic acids is 2. The van der Waals surface area contributed by atoms with Gasteiger partial charge < -0.3 is 14.7 Å². The van der Waals surface area contributed by atoms with Crippen LogP contribution in [0.15, 0.2) is 133 Å². The minimum Gasteiger partial charge on any atom is -0.495 e. The molecule has 7 heteroatoms. The molecule has 6 aromatic rings. The summed E-state index contributed by atoms with van der Waals surface area (Å²) in [6.45, 7) is 0. The average Bonchev–Trinajstić information content (AvgIpc) is 3.98. The number of ether oxygens (including phenoxy) is 1. The van der Waals surface area contributed by atoms with Gasteiger partial charge in [-0.15, -0.1) is 11.3 Å². The molecule has 0 bridgehead atoms. The second-order valence-electron chi connectivity index (χ2n) is 14.0. The number of carboxylic acid groups (broad SMARTS) is 1. The molecule has 264 valence electrons. The van der Waals surface area contributed by atoms with E-state index in [9.17, 15) is 19.5 Å². The van der Waals surface area contributed by atoms with Gasteiger partial charge in [-0.25, -0.2) is 4.79 Å². The Morgan fingerprint density at radius 2 is 1.48 bits per heavy atom. The van der Waals surface area contributed by atoms with E-state index in [4.69, 9.17) is 4.74 Å². The van der Waals surface area contributed by atoms with Gasteiger partial charge in [0.2, 0.25) is 0 Å². The van der Waals surface area contributed by atoms with Gasteiger partial charge in [0.15, 0.2) is 11.6 Å². The molecule has 9 rings (SSSR count). The van der Waals surface area contributed by atoms with Gasteiger partial charge in [0.1, 0.15) is 5.75 Å². The molecular weight excluding hydrogens is 691 g/mol. The van der Waals surface area contributed by atoms with Gasteiger partial charge in [0.05, 0.1) is 23.1 Å². The first kappa shape index (κ1) is 33.5. The van der Waals surface area contributed by atoms with Crippen molar-refractivity contribution in [2.24, 2.45) is 0 Å². The van der Waals surface area contributed by atoms with Crippen LogP contribution in [0.4, 0.5) is 11.4 Å². The van der Waals surface area contributed by atoms with Crippen LogP contribution in [-0.2, 0) is 0 Å². The molecule has 2 heterocycles. The first-order valence-corrected chi connectivity index (χ1v) is 18.9. The highest BCUT2D eigenvalue weighted by molar-refractivity contribution is 7.16. The zero-order valence-electron chi connectivity index (χ0n) is 29.5. The summed E-state index contributed by atoms with van der Waals surface area (Å²) in [6, 6.07) is 43.0. The highest BCUT2D eigenvalue weighted by atomic mass is 32.1. The van der Waals surface area contributed by atoms with Crippen LogP contribution < -0.4 is 9.64 Å². The van der Waals surface area contributed by atoms with E-state index in [-0.39, 0.29) is 22.3 Å². The van der Waals surface area contributed by atoms with Gasteiger partial charge in [-0.1, -0.05) is 85.3 Å². The zero-order valence-corrected chi connectivity index (χ0v) is 30.3. The summed E-state index contributed by atoms with van der Waals surface area (Å²) in [5, 5.41) is 9.40. The van der Waals surface area contributed by atoms with Crippen molar-refractivity contribution in [2.45, 2.75) is 31.2 Å². The van der Waals surface area contributed by atoms with E-state index in [0.29, 0.717) is 22.6 Å². The third kappa shape index (κ3) is 5.78. The number of methoxy groups -OCH3 is 1. The van der Waals surface area contributed by atoms with Crippen LogP contribution >= 0.6 is 11.3 Å². The van der Waals surface area contributed by atoms with E-state index in [1.54, 1.807) is 13.2 Å². The Hall–Kier alpha value is -6.31. The first-order chi connectivity index (χ1) is 26.4. The van der Waals surface area contributed by atoms with Crippen molar-refractivity contribution >= 4 is 58.0 Å². The number of fused-ring (bicyclic) bond motifs is 4. The normalized spacial score (nSPS) is 17.7. The predicted molar refractivity (Wildman–Crippen MR) is 215 cm³/mol. The van der Waals surface area contributed by atoms with Crippen LogP contribution in [-0.4, -0.2) is 35.8 Å². The minimum atomic E-state index is -1.15. The number of carbonyl (C=O) groups is 3. The Labute approximate surface area is 317 Å². The quantitative estimate of drug-likeness (QED) is 0.0955. The van der Waals surface area contributed by atoms with Crippen molar-refractivity contribution in [1.82, 2.24) is 0 Å². The number of thiophene rings is 1. The molecule has 54 heavy (non-hydrogen) atoms. The van der Waals surface area contributed by atoms with Gasteiger partial charge in [-0.05, 0) is 107 Å². The van der Waals surface area contributed by atoms with Crippen molar-refractivity contribution < 1.29 is 24.2 Å². The summed E-state index contributed by atoms with van der Waals surface area (Å²) in [5.41, 5.74) is 9.82. The van der Waals surface area contributed by atoms with Crippen molar-refractivity contribution in [1.29, 1.82) is 0 Å². The molecule has 1 saturated carbocycles. The number of rotatable bonds is 8. The number of carboxylic acids is 1. The van der Waals surface area contributed by atoms with E-state index < -0.39 is 17.5 Å². The van der Waals surface area contributed by atoms with Gasteiger partial charge in [-0.3, -0.25) is 9.59 Å². The lowest BCUT2D eigenvalue weighted by molar-refractivity contribution is 0.0696. The number of allylic oxidation sites excluding steroid dienone is 1. The molecule has 1 aromatic heterocycles. The number of anilines is 2. The monoisotopic (exact) mass is 725 g/mol. The Morgan fingerprint density at radius 1 is 0.778 bits per heavy atom. The maximum atomic E-state index is 13.3. The molecule has 5 aromatic carbocycles. The summed E-state index contributed by atoms with van der Waals surface area (Å²) in [4.78, 5) is 42.2. The minimum absolute atomic E-state index is 0.00972. The largest absolute Gasteiger partial charge is 0.495 e. The zero-order chi connectivity index (χ0) is 36.9. The van der Waals surface area contributed by atoms with E-state index in [1.165, 1.54) is 69.6 Å². The van der Waals surface area contributed by atoms with E-state index in [2.05, 4.69) is 102 Å². The highest BCUT2D eigenvalue weighted by Crippen LogP contribution is 2.53. The van der Waals surface area contributed by atoms with E-state index in [0.717, 1.165) is 28.8 Å². The standard InChI is InChI=1S/C47H35NO5S/c1-53-42-27-43(54-44(42)26-39-45(49)35-21-17-32(47(51)52)25-38(35)46(39)50)31-18-22-41-37(24-31)34-13-8-14-40(34)48(41)33-19-15-28(16-20-33)23-36(29-9-4-2-5-10-29)30-11-6-3-7-12-30/h2-7,9-12,15-27,34,40H,8,13-14H2,1H3,(H,51,52)/b39-26+. The second-order valence-corrected chi connectivity index (χ2v) is 15.0. The number of hydrogen-bond donors (Lipinski definition) is 1. The van der Waals surface area contributed by atoms with Gasteiger partial charge in [-0.2, -0.15) is 0 Å². The molecule has 2 atom stereocenters. The number of ketones is 2. The SMILES string of the molecule is COc1cc(-c2ccc3c(c2)C2CCCC2N3c2ccc(C=C(c3ccccc3)c3ccccc3)cc2)sc1/C=C1\C(=O)c2ccc(C(=O)O)cc2C1=O. The van der Waals surface area contributed by atoms with Crippen molar-refractivity contribution in [2.75, 3.05) is 12.0 Å². The van der Waals surface area contributed by atoms with Crippen LogP contribution in [0.25, 0.3) is 28.2 Å². The fraction of sp³-hybridized carbons (Fsp3) is 0.128. The maximum Gasteiger partial charge on any atom is 0.335 e. The Balaban J connectivity index is 1.02. The second kappa shape index (κ2) is 13.6. The molecule has 0 saturated heterocycles. The molecule has 1 fully saturated rings. The van der Waals surface area contributed by atoms with Crippen molar-refractivity contribution in [3.8, 4) is 16.2 Å². The van der Waals surface area contributed by atoms with Crippen LogP contribution in [0.2, 0.25) is 0 Å². The summed E-state index contributed by atoms with van der Waals surface area (Å²) in [5.74, 6) is -1.04. The first-order valence-electron chi connectivity index (χ1n) is 18.1. The highest BCUT2D eigenvalue weighted by Gasteiger charge is 2.42. The number of benzene rings is 5. The Kier molecular flexibility index (Phi) is 8.44. The third-order valence-corrected chi connectivity index (χ3v) is 12.0. The van der Waals surface area contributed by atoms with Crippen molar-refractivity contribution in [3.05, 3.63) is 177 Å². The molecular formula is C47H35NO5S. The molecule has 2 unspecified atom stereocenters. The molecule has 3 aliphatic rings. The van der Waals surface area contributed by atoms with Crippen LogP contribution in [0.3, 0.4) is 0 Å². The van der Waals surface area contributed by atoms with Crippen LogP contribution in [0.1, 0.15) is 83.4 Å². The molecule has 2 aliphatic carbocycles. The third-order valence-electron chi connectivity index (χ3n) is 10.9. The number of nitrogens with zero attached hydrogens (tertiary/aromatic N) is 1. The Morgan fingerprint density at radius 3 is 2.17 bits per heavy atom. The van der Waals surface area contributed by atoms with Crippen LogP contribution in [0, 0.1) is 0 Å². The molecule has 6 nitrogen and oxygen atoms in total. The lowest BCUT2D eigenvalue weighted by atomic mass is 9.95. The lowest BCUT2D eigenvalue weighted by Gasteiger charge is -2.27. The van der Waals surface area contributed by atoms with Crippen LogP contribution in [0.5, 0.6) is 5.75 Å². The average molecular weight is 726 g/mol. The van der Waals surface area contributed by atoms with Gasteiger partial charge in [0.25, 0.3) is 0 Å². The fourth-order valence-electron chi connectivity index (χ4n) is 8.32. The van der Waals surface area contributed by atoms with E-state index >= 15 is 0 Å². The van der Waals surface area contributed by atoms with Gasteiger partial charge >= 0.3 is 5.97 Å². The molecule has 0 amide bonds. The maximum absolute atomic E-state index is 13.3. The molecule has 1 N–H and O–H groups in total. The Bertz CT molecular complexity index is 2490. The molecule has 0 spiro atoms. The number of aromatic carboxylic acids is 1. The lowest BCUT2D eigenvalue weighted by Crippen LogP contribution is -2.26. The fourth-order valence-corrected chi connectivity index (χ4v) is 9.39.